The van der Waals surface area contributed by atoms with Crippen molar-refractivity contribution in [2.24, 2.45) is 5.41 Å². The summed E-state index contributed by atoms with van der Waals surface area (Å²) in [5.74, 6) is -3.17. The lowest BCUT2D eigenvalue weighted by Gasteiger charge is -2.16. The molecule has 0 radical (unpaired) electrons. The minimum Gasteiger partial charge on any atom is -0.325 e. The van der Waals surface area contributed by atoms with Crippen LogP contribution in [0.2, 0.25) is 10.0 Å². The molecule has 0 aromatic heterocycles. The molecule has 2 amide bonds. The monoisotopic (exact) mass is 384 g/mol. The molecule has 3 rings (SSSR count). The molecule has 0 bridgehead atoms. The number of hydrogen-bond donors (Lipinski definition) is 2. The van der Waals surface area contributed by atoms with E-state index in [1.165, 1.54) is 18.2 Å². The van der Waals surface area contributed by atoms with Gasteiger partial charge in [-0.25, -0.2) is 8.78 Å². The molecule has 1 saturated carbocycles. The Kier molecular flexibility index (Phi) is 4.67. The van der Waals surface area contributed by atoms with E-state index >= 15 is 0 Å². The van der Waals surface area contributed by atoms with Gasteiger partial charge in [0.05, 0.1) is 10.0 Å². The SMILES string of the molecule is O=C(Nc1ccc(F)c(F)c1)C1(C(=O)Nc2ccc(Cl)c(Cl)c2)CC1. The lowest BCUT2D eigenvalue weighted by molar-refractivity contribution is -0.131. The highest BCUT2D eigenvalue weighted by Gasteiger charge is 2.56. The van der Waals surface area contributed by atoms with Gasteiger partial charge in [0.25, 0.3) is 0 Å². The maximum Gasteiger partial charge on any atom is 0.240 e. The molecule has 0 spiro atoms. The average molecular weight is 385 g/mol. The van der Waals surface area contributed by atoms with Gasteiger partial charge < -0.3 is 10.6 Å². The molecular weight excluding hydrogens is 373 g/mol. The van der Waals surface area contributed by atoms with Gasteiger partial charge in [0.15, 0.2) is 11.6 Å². The predicted octanol–water partition coefficient (Wildman–Crippen LogP) is 4.63. The topological polar surface area (TPSA) is 58.2 Å². The van der Waals surface area contributed by atoms with E-state index in [2.05, 4.69) is 10.6 Å². The lowest BCUT2D eigenvalue weighted by atomic mass is 10.0. The molecule has 0 heterocycles. The first-order valence-electron chi connectivity index (χ1n) is 7.35. The summed E-state index contributed by atoms with van der Waals surface area (Å²) < 4.78 is 26.2. The molecule has 130 valence electrons. The highest BCUT2D eigenvalue weighted by atomic mass is 35.5. The van der Waals surface area contributed by atoms with Crippen LogP contribution in [0, 0.1) is 17.0 Å². The molecule has 8 heteroatoms. The van der Waals surface area contributed by atoms with E-state index in [0.29, 0.717) is 23.6 Å². The number of halogens is 4. The Morgan fingerprint density at radius 3 is 1.92 bits per heavy atom. The quantitative estimate of drug-likeness (QED) is 0.755. The summed E-state index contributed by atoms with van der Waals surface area (Å²) in [4.78, 5) is 24.9. The van der Waals surface area contributed by atoms with Crippen LogP contribution in [0.4, 0.5) is 20.2 Å². The Hall–Kier alpha value is -2.18. The van der Waals surface area contributed by atoms with E-state index in [0.717, 1.165) is 12.1 Å². The van der Waals surface area contributed by atoms with Crippen LogP contribution >= 0.6 is 23.2 Å². The highest BCUT2D eigenvalue weighted by Crippen LogP contribution is 2.47. The zero-order valence-corrected chi connectivity index (χ0v) is 14.2. The number of carbonyl (C=O) groups excluding carboxylic acids is 2. The summed E-state index contributed by atoms with van der Waals surface area (Å²) in [7, 11) is 0. The van der Waals surface area contributed by atoms with Crippen LogP contribution in [0.25, 0.3) is 0 Å². The number of amides is 2. The number of anilines is 2. The third kappa shape index (κ3) is 3.60. The fourth-order valence-electron chi connectivity index (χ4n) is 2.33. The van der Waals surface area contributed by atoms with Crippen molar-refractivity contribution in [3.63, 3.8) is 0 Å². The summed E-state index contributed by atoms with van der Waals surface area (Å²) in [5.41, 5.74) is -0.749. The number of carbonyl (C=O) groups is 2. The van der Waals surface area contributed by atoms with Gasteiger partial charge >= 0.3 is 0 Å². The van der Waals surface area contributed by atoms with Crippen LogP contribution < -0.4 is 10.6 Å². The van der Waals surface area contributed by atoms with Crippen LogP contribution in [-0.4, -0.2) is 11.8 Å². The Bertz CT molecular complexity index is 802. The van der Waals surface area contributed by atoms with Gasteiger partial charge in [-0.2, -0.15) is 0 Å². The fourth-order valence-corrected chi connectivity index (χ4v) is 2.63. The summed E-state index contributed by atoms with van der Waals surface area (Å²) in [5, 5.41) is 5.69. The van der Waals surface area contributed by atoms with Crippen molar-refractivity contribution in [3.05, 3.63) is 58.1 Å². The normalized spacial score (nSPS) is 14.7. The van der Waals surface area contributed by atoms with Gasteiger partial charge in [0.1, 0.15) is 5.41 Å². The maximum absolute atomic E-state index is 13.2. The van der Waals surface area contributed by atoms with Gasteiger partial charge in [0.2, 0.25) is 11.8 Å². The fraction of sp³-hybridized carbons (Fsp3) is 0.176. The molecule has 25 heavy (non-hydrogen) atoms. The molecule has 1 fully saturated rings. The lowest BCUT2D eigenvalue weighted by Crippen LogP contribution is -2.35. The van der Waals surface area contributed by atoms with Crippen molar-refractivity contribution < 1.29 is 18.4 Å². The van der Waals surface area contributed by atoms with Gasteiger partial charge in [-0.1, -0.05) is 23.2 Å². The van der Waals surface area contributed by atoms with E-state index < -0.39 is 28.9 Å². The largest absolute Gasteiger partial charge is 0.325 e. The molecule has 0 aliphatic heterocycles. The number of benzene rings is 2. The highest BCUT2D eigenvalue weighted by molar-refractivity contribution is 6.42. The second-order valence-corrected chi connectivity index (χ2v) is 6.56. The smallest absolute Gasteiger partial charge is 0.240 e. The second-order valence-electron chi connectivity index (χ2n) is 5.75. The standard InChI is InChI=1S/C17H12Cl2F2N2O2/c18-11-3-1-9(7-12(11)19)22-15(24)17(5-6-17)16(25)23-10-2-4-13(20)14(21)8-10/h1-4,7-8H,5-6H2,(H,22,24)(H,23,25). The van der Waals surface area contributed by atoms with E-state index in [-0.39, 0.29) is 10.7 Å². The molecule has 2 aromatic rings. The minimum absolute atomic E-state index is 0.0810. The summed E-state index contributed by atoms with van der Waals surface area (Å²) in [6.45, 7) is 0. The van der Waals surface area contributed by atoms with Crippen molar-refractivity contribution in [2.45, 2.75) is 12.8 Å². The first-order chi connectivity index (χ1) is 11.8. The zero-order chi connectivity index (χ0) is 18.2. The van der Waals surface area contributed by atoms with Crippen molar-refractivity contribution in [1.29, 1.82) is 0 Å². The summed E-state index contributed by atoms with van der Waals surface area (Å²) >= 11 is 11.7. The predicted molar refractivity (Wildman–Crippen MR) is 91.7 cm³/mol. The molecule has 0 atom stereocenters. The molecule has 1 aliphatic carbocycles. The Labute approximate surface area is 152 Å². The van der Waals surface area contributed by atoms with Crippen molar-refractivity contribution >= 4 is 46.4 Å². The maximum atomic E-state index is 13.2. The van der Waals surface area contributed by atoms with E-state index in [4.69, 9.17) is 23.2 Å². The van der Waals surface area contributed by atoms with Crippen molar-refractivity contribution in [2.75, 3.05) is 10.6 Å². The Morgan fingerprint density at radius 1 is 0.840 bits per heavy atom. The molecular formula is C17H12Cl2F2N2O2. The van der Waals surface area contributed by atoms with Crippen molar-refractivity contribution in [3.8, 4) is 0 Å². The average Bonchev–Trinajstić information content (AvgIpc) is 3.36. The van der Waals surface area contributed by atoms with Crippen molar-refractivity contribution in [1.82, 2.24) is 0 Å². The number of hydrogen-bond acceptors (Lipinski definition) is 2. The molecule has 4 nitrogen and oxygen atoms in total. The molecule has 2 N–H and O–H groups in total. The Balaban J connectivity index is 1.72. The minimum atomic E-state index is -1.24. The van der Waals surface area contributed by atoms with Crippen LogP contribution in [0.1, 0.15) is 12.8 Å². The van der Waals surface area contributed by atoms with Gasteiger partial charge in [0, 0.05) is 17.4 Å². The molecule has 0 unspecified atom stereocenters. The first kappa shape index (κ1) is 17.6. The van der Waals surface area contributed by atoms with Crippen LogP contribution in [0.3, 0.4) is 0 Å². The molecule has 2 aromatic carbocycles. The van der Waals surface area contributed by atoms with Crippen LogP contribution in [0.15, 0.2) is 36.4 Å². The number of rotatable bonds is 4. The van der Waals surface area contributed by atoms with E-state index in [9.17, 15) is 18.4 Å². The Morgan fingerprint density at radius 2 is 1.40 bits per heavy atom. The van der Waals surface area contributed by atoms with Crippen LogP contribution in [0.5, 0.6) is 0 Å². The second kappa shape index (κ2) is 6.61. The third-order valence-corrected chi connectivity index (χ3v) is 4.71. The van der Waals surface area contributed by atoms with Gasteiger partial charge in [-0.15, -0.1) is 0 Å². The van der Waals surface area contributed by atoms with Crippen LogP contribution in [-0.2, 0) is 9.59 Å². The van der Waals surface area contributed by atoms with E-state index in [1.54, 1.807) is 6.07 Å². The summed E-state index contributed by atoms with van der Waals surface area (Å²) in [6.07, 6.45) is 0.714. The molecule has 1 aliphatic rings. The zero-order valence-electron chi connectivity index (χ0n) is 12.7. The first-order valence-corrected chi connectivity index (χ1v) is 8.10. The number of nitrogens with one attached hydrogen (secondary N) is 2. The van der Waals surface area contributed by atoms with Gasteiger partial charge in [-0.05, 0) is 43.2 Å². The van der Waals surface area contributed by atoms with Gasteiger partial charge in [-0.3, -0.25) is 9.59 Å². The molecule has 0 saturated heterocycles. The summed E-state index contributed by atoms with van der Waals surface area (Å²) in [6, 6.07) is 7.56. The third-order valence-electron chi connectivity index (χ3n) is 3.97. The van der Waals surface area contributed by atoms with E-state index in [1.807, 2.05) is 0 Å².